The summed E-state index contributed by atoms with van der Waals surface area (Å²) in [5, 5.41) is 38.9. The van der Waals surface area contributed by atoms with E-state index in [1.807, 2.05) is 236 Å². The summed E-state index contributed by atoms with van der Waals surface area (Å²) in [7, 11) is 3.36. The fraction of sp³-hybridized carbons (Fsp3) is 0.280. The second kappa shape index (κ2) is 37.8. The average molecular weight is 1830 g/mol. The maximum atomic E-state index is 15.1. The number of rotatable bonds is 17. The number of halogens is 1. The van der Waals surface area contributed by atoms with Crippen molar-refractivity contribution in [1.29, 1.82) is 0 Å². The van der Waals surface area contributed by atoms with E-state index in [0.29, 0.717) is 33.8 Å². The van der Waals surface area contributed by atoms with Crippen LogP contribution in [-0.2, 0) is 0 Å². The van der Waals surface area contributed by atoms with Crippen LogP contribution in [-0.4, -0.2) is 120 Å². The van der Waals surface area contributed by atoms with E-state index in [4.69, 9.17) is 57.0 Å². The molecule has 0 saturated carbocycles. The first kappa shape index (κ1) is 93.5. The lowest BCUT2D eigenvalue weighted by molar-refractivity contribution is 0.393. The highest BCUT2D eigenvalue weighted by Gasteiger charge is 2.29. The smallest absolute Gasteiger partial charge is 0.167 e. The Morgan fingerprint density at radius 3 is 1.01 bits per heavy atom. The SMILES string of the molecule is COc1cc(-c2c(C)noc2C)ccc1-c1nc2ccccn2c1NC(C)(C)C.COc1cc(-c2c(C)noc2C)ccc1-c1nc2ccccn2c1NC(C)C.Cc1noc(C)c1-c1ccc(-c2nc3ccccn3c2NC(C)(C)C)cc1F.Cc1noc(C)c1-c1ccc(-c2nc3ccccn3c2NC(C)(C)C)nc1.Cc1noc2ccc(-c3nc4ccccn4c3NC(C)(C)C)cc12. The van der Waals surface area contributed by atoms with Crippen LogP contribution in [0.1, 0.15) is 148 Å². The Bertz CT molecular complexity index is 7650. The maximum absolute atomic E-state index is 15.1. The van der Waals surface area contributed by atoms with Crippen LogP contribution in [0.25, 0.3) is 140 Å². The van der Waals surface area contributed by atoms with Crippen LogP contribution < -0.4 is 36.1 Å². The van der Waals surface area contributed by atoms with Gasteiger partial charge in [0.25, 0.3) is 0 Å². The first-order valence-electron chi connectivity index (χ1n) is 45.2. The Morgan fingerprint density at radius 1 is 0.324 bits per heavy atom. The van der Waals surface area contributed by atoms with Crippen molar-refractivity contribution in [2.24, 2.45) is 0 Å². The molecule has 16 heterocycles. The molecule has 20 aromatic rings. The number of imidazole rings is 5. The Kier molecular flexibility index (Phi) is 26.0. The van der Waals surface area contributed by atoms with E-state index in [9.17, 15) is 0 Å². The minimum Gasteiger partial charge on any atom is -0.496 e. The van der Waals surface area contributed by atoms with Crippen LogP contribution >= 0.6 is 0 Å². The standard InChI is InChI=1S/C23H26N4O2.C22H23FN4O.C22H24N4O2.C21H23N5O.C19H20N4O/c1-14-20(15(2)29-26-14)16-10-11-17(18(13-16)28-6)21-22(25-23(3,4)5)27-12-8-7-9-19(27)24-21;1-13-19(14(2)28-26-13)16-10-9-15(12-17(16)23)20-21(25-22(3,4)5)27-11-7-6-8-18(27)24-20;1-13(2)23-22-21(24-19-8-6-7-11-26(19)22)17-10-9-16(12-18(17)27-5)20-14(3)25-28-15(20)4;1-13-18(14(2)27-25-13)15-9-10-16(22-12-15)19-20(24-21(3,4)5)26-11-7-6-8-17(26)23-19;1-12-14-11-13(8-9-15(14)24-22-12)17-18(21-19(2,3)4)23-10-6-5-7-16(23)20-17/h7-13,25H,1-6H3;6-12,25H,1-5H3;6-13,23H,1-5H3;6-12,24H,1-5H3;5-11,21H,1-4H3. The summed E-state index contributed by atoms with van der Waals surface area (Å²) < 4.78 is 63.3. The summed E-state index contributed by atoms with van der Waals surface area (Å²) in [6.07, 6.45) is 11.9. The third-order valence-electron chi connectivity index (χ3n) is 22.4. The van der Waals surface area contributed by atoms with Gasteiger partial charge in [-0.05, 0) is 286 Å². The summed E-state index contributed by atoms with van der Waals surface area (Å²) in [5.41, 5.74) is 24.7. The van der Waals surface area contributed by atoms with Gasteiger partial charge < -0.3 is 58.7 Å². The van der Waals surface area contributed by atoms with Crippen molar-refractivity contribution >= 4 is 68.3 Å². The zero-order valence-corrected chi connectivity index (χ0v) is 81.7. The molecule has 136 heavy (non-hydrogen) atoms. The number of methoxy groups -OCH3 is 2. The van der Waals surface area contributed by atoms with Gasteiger partial charge in [0.05, 0.1) is 53.9 Å². The van der Waals surface area contributed by atoms with Crippen LogP contribution in [0.15, 0.2) is 236 Å². The fourth-order valence-corrected chi connectivity index (χ4v) is 16.6. The number of fused-ring (bicyclic) bond motifs is 6. The summed E-state index contributed by atoms with van der Waals surface area (Å²) in [6, 6.07) is 57.7. The predicted octanol–water partition coefficient (Wildman–Crippen LogP) is 25.8. The van der Waals surface area contributed by atoms with Gasteiger partial charge in [-0.25, -0.2) is 29.3 Å². The van der Waals surface area contributed by atoms with Crippen LogP contribution in [0.3, 0.4) is 0 Å². The van der Waals surface area contributed by atoms with E-state index in [1.54, 1.807) is 27.2 Å². The summed E-state index contributed by atoms with van der Waals surface area (Å²) >= 11 is 0. The highest BCUT2D eigenvalue weighted by atomic mass is 19.1. The van der Waals surface area contributed by atoms with Gasteiger partial charge in [0.15, 0.2) is 5.58 Å². The molecule has 16 aromatic heterocycles. The molecule has 5 N–H and O–H groups in total. The molecule has 0 fully saturated rings. The minimum absolute atomic E-state index is 0.0717. The predicted molar refractivity (Wildman–Crippen MR) is 538 cm³/mol. The number of hydrogen-bond donors (Lipinski definition) is 5. The number of pyridine rings is 6. The van der Waals surface area contributed by atoms with Crippen molar-refractivity contribution in [3.8, 4) is 112 Å². The van der Waals surface area contributed by atoms with Crippen LogP contribution in [0.4, 0.5) is 33.5 Å². The van der Waals surface area contributed by atoms with Crippen LogP contribution in [0, 0.1) is 68.1 Å². The van der Waals surface area contributed by atoms with Gasteiger partial charge in [0.2, 0.25) is 0 Å². The van der Waals surface area contributed by atoms with Gasteiger partial charge >= 0.3 is 0 Å². The Hall–Kier alpha value is -15.7. The second-order valence-electron chi connectivity index (χ2n) is 38.2. The molecular weight excluding hydrogens is 1710 g/mol. The zero-order valence-electron chi connectivity index (χ0n) is 81.7. The van der Waals surface area contributed by atoms with E-state index in [0.717, 1.165) is 198 Å². The zero-order chi connectivity index (χ0) is 96.7. The molecule has 0 amide bonds. The highest BCUT2D eigenvalue weighted by Crippen LogP contribution is 2.45. The van der Waals surface area contributed by atoms with Gasteiger partial charge in [-0.2, -0.15) is 0 Å². The lowest BCUT2D eigenvalue weighted by Gasteiger charge is -2.23. The number of benzene rings is 4. The van der Waals surface area contributed by atoms with Crippen LogP contribution in [0.5, 0.6) is 11.5 Å². The van der Waals surface area contributed by atoms with Gasteiger partial charge in [-0.1, -0.05) is 86.4 Å². The molecule has 0 bridgehead atoms. The second-order valence-corrected chi connectivity index (χ2v) is 38.2. The molecule has 0 aliphatic heterocycles. The Balaban J connectivity index is 0.000000123. The number of nitrogens with one attached hydrogen (secondary N) is 5. The van der Waals surface area contributed by atoms with E-state index in [2.05, 4.69) is 196 Å². The maximum Gasteiger partial charge on any atom is 0.167 e. The van der Waals surface area contributed by atoms with Gasteiger partial charge in [-0.15, -0.1) is 0 Å². The lowest BCUT2D eigenvalue weighted by atomic mass is 10.00. The number of anilines is 5. The number of aromatic nitrogens is 16. The molecule has 0 saturated heterocycles. The molecule has 0 radical (unpaired) electrons. The molecule has 29 heteroatoms. The van der Waals surface area contributed by atoms with E-state index in [1.165, 1.54) is 6.07 Å². The molecule has 698 valence electrons. The third kappa shape index (κ3) is 19.9. The summed E-state index contributed by atoms with van der Waals surface area (Å²) in [6.45, 7) is 46.8. The van der Waals surface area contributed by atoms with Gasteiger partial charge in [0, 0.05) is 121 Å². The average Bonchev–Trinajstić information content (AvgIpc) is 1.63. The Morgan fingerprint density at radius 2 is 0.647 bits per heavy atom. The molecule has 0 atom stereocenters. The van der Waals surface area contributed by atoms with Gasteiger partial charge in [-0.3, -0.25) is 27.0 Å². The molecule has 0 aliphatic carbocycles. The monoisotopic (exact) mass is 1830 g/mol. The van der Waals surface area contributed by atoms with Crippen molar-refractivity contribution in [1.82, 2.24) is 77.7 Å². The molecule has 4 aromatic carbocycles. The normalized spacial score (nSPS) is 11.8. The van der Waals surface area contributed by atoms with E-state index in [-0.39, 0.29) is 34.0 Å². The van der Waals surface area contributed by atoms with Crippen molar-refractivity contribution in [3.05, 3.63) is 270 Å². The molecule has 0 unspecified atom stereocenters. The number of ether oxygens (including phenoxy) is 2. The molecule has 0 aliphatic rings. The molecule has 28 nitrogen and oxygen atoms in total. The topological polar surface area (TPSA) is 308 Å². The van der Waals surface area contributed by atoms with Crippen LogP contribution in [0.2, 0.25) is 0 Å². The number of aryl methyl sites for hydroxylation is 9. The fourth-order valence-electron chi connectivity index (χ4n) is 16.6. The number of nitrogens with zero attached hydrogens (tertiary/aromatic N) is 16. The summed E-state index contributed by atoms with van der Waals surface area (Å²) in [5.74, 6) is 8.83. The Labute approximate surface area is 789 Å². The largest absolute Gasteiger partial charge is 0.496 e. The molecule has 20 rings (SSSR count). The van der Waals surface area contributed by atoms with Crippen molar-refractivity contribution < 1.29 is 36.5 Å². The first-order valence-corrected chi connectivity index (χ1v) is 45.2. The van der Waals surface area contributed by atoms with E-state index >= 15 is 4.39 Å². The first-order chi connectivity index (χ1) is 64.8. The number of hydrogen-bond acceptors (Lipinski definition) is 23. The quantitative estimate of drug-likeness (QED) is 0.0565. The third-order valence-corrected chi connectivity index (χ3v) is 22.4. The minimum atomic E-state index is -0.328. The molecular formula is C107H116FN21O7. The lowest BCUT2D eigenvalue weighted by Crippen LogP contribution is -2.27. The molecule has 0 spiro atoms. The van der Waals surface area contributed by atoms with Gasteiger partial charge in [0.1, 0.15) is 126 Å². The highest BCUT2D eigenvalue weighted by molar-refractivity contribution is 5.90. The van der Waals surface area contributed by atoms with E-state index < -0.39 is 0 Å². The summed E-state index contributed by atoms with van der Waals surface area (Å²) in [4.78, 5) is 28.8. The van der Waals surface area contributed by atoms with Crippen molar-refractivity contribution in [2.45, 2.75) is 187 Å². The van der Waals surface area contributed by atoms with Crippen molar-refractivity contribution in [3.63, 3.8) is 0 Å². The van der Waals surface area contributed by atoms with Crippen molar-refractivity contribution in [2.75, 3.05) is 40.8 Å².